The van der Waals surface area contributed by atoms with Gasteiger partial charge in [0.25, 0.3) is 0 Å². The maximum Gasteiger partial charge on any atom is 0.317 e. The number of amides is 3. The van der Waals surface area contributed by atoms with Crippen LogP contribution in [-0.4, -0.2) is 54.1 Å². The van der Waals surface area contributed by atoms with E-state index in [1.165, 1.54) is 6.92 Å². The number of aliphatic carboxylic acids is 1. The molecule has 0 aromatic rings. The molecule has 1 heterocycles. The van der Waals surface area contributed by atoms with E-state index in [-0.39, 0.29) is 17.9 Å². The van der Waals surface area contributed by atoms with Crippen LogP contribution in [0.15, 0.2) is 0 Å². The molecule has 0 radical (unpaired) electrons. The Labute approximate surface area is 106 Å². The zero-order valence-corrected chi connectivity index (χ0v) is 10.6. The molecule has 0 bridgehead atoms. The highest BCUT2D eigenvalue weighted by molar-refractivity contribution is 5.76. The second-order valence-corrected chi connectivity index (χ2v) is 4.51. The van der Waals surface area contributed by atoms with Crippen molar-refractivity contribution < 1.29 is 19.5 Å². The summed E-state index contributed by atoms with van der Waals surface area (Å²) < 4.78 is 0. The Balaban J connectivity index is 2.15. The Morgan fingerprint density at radius 1 is 1.28 bits per heavy atom. The molecule has 0 aliphatic carbocycles. The molecule has 7 nitrogen and oxygen atoms in total. The molecule has 18 heavy (non-hydrogen) atoms. The van der Waals surface area contributed by atoms with Crippen LogP contribution in [0.1, 0.15) is 13.8 Å². The maximum absolute atomic E-state index is 11.6. The van der Waals surface area contributed by atoms with Crippen LogP contribution in [0.25, 0.3) is 0 Å². The Kier molecular flexibility index (Phi) is 4.94. The van der Waals surface area contributed by atoms with Gasteiger partial charge in [-0.15, -0.1) is 0 Å². The van der Waals surface area contributed by atoms with Crippen LogP contribution in [0.5, 0.6) is 0 Å². The summed E-state index contributed by atoms with van der Waals surface area (Å²) in [7, 11) is 0. The van der Waals surface area contributed by atoms with Gasteiger partial charge in [-0.25, -0.2) is 4.79 Å². The van der Waals surface area contributed by atoms with Crippen molar-refractivity contribution in [3.05, 3.63) is 0 Å². The fourth-order valence-electron chi connectivity index (χ4n) is 1.72. The summed E-state index contributed by atoms with van der Waals surface area (Å²) in [5, 5.41) is 14.0. The number of likely N-dealkylation sites (tertiary alicyclic amines) is 1. The molecule has 1 atom stereocenters. The summed E-state index contributed by atoms with van der Waals surface area (Å²) in [5.74, 6) is -1.36. The highest BCUT2D eigenvalue weighted by atomic mass is 16.4. The van der Waals surface area contributed by atoms with Crippen molar-refractivity contribution in [2.24, 2.45) is 11.8 Å². The van der Waals surface area contributed by atoms with E-state index in [4.69, 9.17) is 5.11 Å². The van der Waals surface area contributed by atoms with E-state index in [1.807, 2.05) is 0 Å². The third-order valence-corrected chi connectivity index (χ3v) is 3.07. The van der Waals surface area contributed by atoms with Gasteiger partial charge in [0.05, 0.1) is 5.92 Å². The van der Waals surface area contributed by atoms with Crippen molar-refractivity contribution >= 4 is 17.9 Å². The Bertz CT molecular complexity index is 339. The molecule has 0 aromatic heterocycles. The van der Waals surface area contributed by atoms with Gasteiger partial charge in [-0.05, 0) is 0 Å². The van der Waals surface area contributed by atoms with Crippen molar-refractivity contribution in [1.82, 2.24) is 15.5 Å². The van der Waals surface area contributed by atoms with Crippen molar-refractivity contribution in [1.29, 1.82) is 0 Å². The van der Waals surface area contributed by atoms with E-state index in [0.29, 0.717) is 26.2 Å². The summed E-state index contributed by atoms with van der Waals surface area (Å²) >= 11 is 0. The minimum atomic E-state index is -0.828. The molecule has 0 spiro atoms. The van der Waals surface area contributed by atoms with E-state index in [2.05, 4.69) is 10.6 Å². The third kappa shape index (κ3) is 3.90. The quantitative estimate of drug-likeness (QED) is 0.577. The lowest BCUT2D eigenvalue weighted by molar-refractivity contribution is -0.144. The predicted molar refractivity (Wildman–Crippen MR) is 63.9 cm³/mol. The first-order valence-corrected chi connectivity index (χ1v) is 5.92. The number of rotatable bonds is 5. The second-order valence-electron chi connectivity index (χ2n) is 4.51. The van der Waals surface area contributed by atoms with Crippen molar-refractivity contribution in [2.45, 2.75) is 13.8 Å². The normalized spacial score (nSPS) is 16.7. The molecule has 0 saturated carbocycles. The average molecular weight is 257 g/mol. The number of hydrogen-bond donors (Lipinski definition) is 3. The number of carboxylic acids is 1. The molecule has 1 fully saturated rings. The van der Waals surface area contributed by atoms with Crippen LogP contribution in [0.2, 0.25) is 0 Å². The molecule has 1 rings (SSSR count). The minimum Gasteiger partial charge on any atom is -0.481 e. The van der Waals surface area contributed by atoms with Crippen LogP contribution in [0.3, 0.4) is 0 Å². The Morgan fingerprint density at radius 3 is 2.33 bits per heavy atom. The number of nitrogens with zero attached hydrogens (tertiary/aromatic N) is 1. The van der Waals surface area contributed by atoms with Crippen molar-refractivity contribution in [3.8, 4) is 0 Å². The lowest BCUT2D eigenvalue weighted by Gasteiger charge is -2.41. The maximum atomic E-state index is 11.6. The van der Waals surface area contributed by atoms with Crippen LogP contribution < -0.4 is 10.6 Å². The fraction of sp³-hybridized carbons (Fsp3) is 0.727. The van der Waals surface area contributed by atoms with E-state index in [0.717, 1.165) is 0 Å². The monoisotopic (exact) mass is 257 g/mol. The van der Waals surface area contributed by atoms with Gasteiger partial charge in [-0.3, -0.25) is 9.59 Å². The van der Waals surface area contributed by atoms with Gasteiger partial charge in [0.2, 0.25) is 5.91 Å². The molecule has 1 unspecified atom stereocenters. The molecule has 3 amide bonds. The molecule has 3 N–H and O–H groups in total. The van der Waals surface area contributed by atoms with Gasteiger partial charge in [0, 0.05) is 39.0 Å². The van der Waals surface area contributed by atoms with Crippen LogP contribution in [0, 0.1) is 11.8 Å². The number of urea groups is 1. The summed E-state index contributed by atoms with van der Waals surface area (Å²) in [6, 6.07) is -0.214. The van der Waals surface area contributed by atoms with Crippen LogP contribution in [0.4, 0.5) is 4.79 Å². The van der Waals surface area contributed by atoms with Gasteiger partial charge in [0.1, 0.15) is 0 Å². The SMILES string of the molecule is CC(=O)NCCNC(=O)N1CC(C(C)C(=O)O)C1. The predicted octanol–water partition coefficient (Wildman–Crippen LogP) is -0.515. The van der Waals surface area contributed by atoms with E-state index in [9.17, 15) is 14.4 Å². The molecule has 1 saturated heterocycles. The largest absolute Gasteiger partial charge is 0.481 e. The first-order chi connectivity index (χ1) is 8.41. The molecule has 102 valence electrons. The average Bonchev–Trinajstić information content (AvgIpc) is 2.21. The van der Waals surface area contributed by atoms with E-state index in [1.54, 1.807) is 11.8 Å². The third-order valence-electron chi connectivity index (χ3n) is 3.07. The smallest absolute Gasteiger partial charge is 0.317 e. The first-order valence-electron chi connectivity index (χ1n) is 5.92. The topological polar surface area (TPSA) is 98.7 Å². The number of carbonyl (C=O) groups is 3. The summed E-state index contributed by atoms with van der Waals surface area (Å²) in [6.45, 7) is 4.77. The number of nitrogens with one attached hydrogen (secondary N) is 2. The summed E-state index contributed by atoms with van der Waals surface area (Å²) in [5.41, 5.74) is 0. The zero-order chi connectivity index (χ0) is 13.7. The lowest BCUT2D eigenvalue weighted by Crippen LogP contribution is -2.57. The van der Waals surface area contributed by atoms with Gasteiger partial charge in [-0.2, -0.15) is 0 Å². The van der Waals surface area contributed by atoms with Crippen molar-refractivity contribution in [3.63, 3.8) is 0 Å². The van der Waals surface area contributed by atoms with E-state index < -0.39 is 11.9 Å². The summed E-state index contributed by atoms with van der Waals surface area (Å²) in [6.07, 6.45) is 0. The van der Waals surface area contributed by atoms with Crippen molar-refractivity contribution in [2.75, 3.05) is 26.2 Å². The number of hydrogen-bond acceptors (Lipinski definition) is 3. The van der Waals surface area contributed by atoms with Gasteiger partial charge < -0.3 is 20.6 Å². The second kappa shape index (κ2) is 6.23. The highest BCUT2D eigenvalue weighted by Crippen LogP contribution is 2.23. The molecule has 1 aliphatic rings. The first kappa shape index (κ1) is 14.3. The summed E-state index contributed by atoms with van der Waals surface area (Å²) in [4.78, 5) is 34.4. The molecular formula is C11H19N3O4. The number of carboxylic acid groups (broad SMARTS) is 1. The fourth-order valence-corrected chi connectivity index (χ4v) is 1.72. The highest BCUT2D eigenvalue weighted by Gasteiger charge is 2.36. The molecular weight excluding hydrogens is 238 g/mol. The molecule has 0 aromatic carbocycles. The van der Waals surface area contributed by atoms with Gasteiger partial charge >= 0.3 is 12.0 Å². The van der Waals surface area contributed by atoms with Gasteiger partial charge in [-0.1, -0.05) is 6.92 Å². The zero-order valence-electron chi connectivity index (χ0n) is 10.6. The number of carbonyl (C=O) groups excluding carboxylic acids is 2. The molecule has 1 aliphatic heterocycles. The molecule has 7 heteroatoms. The van der Waals surface area contributed by atoms with E-state index >= 15 is 0 Å². The minimum absolute atomic E-state index is 0.0311. The Hall–Kier alpha value is -1.79. The standard InChI is InChI=1S/C11H19N3O4/c1-7(10(16)17)9-5-14(6-9)11(18)13-4-3-12-8(2)15/h7,9H,3-6H2,1-2H3,(H,12,15)(H,13,18)(H,16,17). The van der Waals surface area contributed by atoms with Crippen LogP contribution in [-0.2, 0) is 9.59 Å². The van der Waals surface area contributed by atoms with Crippen LogP contribution >= 0.6 is 0 Å². The Morgan fingerprint density at radius 2 is 1.83 bits per heavy atom. The lowest BCUT2D eigenvalue weighted by atomic mass is 9.87. The van der Waals surface area contributed by atoms with Gasteiger partial charge in [0.15, 0.2) is 0 Å².